The molecule has 0 unspecified atom stereocenters. The molecular weight excluding hydrogens is 265 g/mol. The highest BCUT2D eigenvalue weighted by Gasteiger charge is 2.29. The molecule has 21 heavy (non-hydrogen) atoms. The Hall–Kier alpha value is -2.11. The molecule has 5 heteroatoms. The Labute approximate surface area is 124 Å². The van der Waals surface area contributed by atoms with Gasteiger partial charge in [-0.15, -0.1) is 0 Å². The third-order valence-electron chi connectivity index (χ3n) is 3.23. The average Bonchev–Trinajstić information content (AvgIpc) is 2.53. The number of hydrogen-bond acceptors (Lipinski definition) is 4. The topological polar surface area (TPSA) is 72.5 Å². The normalized spacial score (nSPS) is 13.3. The average molecular weight is 283 g/mol. The van der Waals surface area contributed by atoms with Crippen LogP contribution in [0.3, 0.4) is 0 Å². The van der Waals surface area contributed by atoms with Gasteiger partial charge in [-0.1, -0.05) is 60.7 Å². The van der Waals surface area contributed by atoms with Crippen LogP contribution in [0.1, 0.15) is 6.92 Å². The molecule has 0 radical (unpaired) electrons. The van der Waals surface area contributed by atoms with Crippen LogP contribution in [0.15, 0.2) is 60.7 Å². The first-order valence-electron chi connectivity index (χ1n) is 6.83. The quantitative estimate of drug-likeness (QED) is 0.760. The van der Waals surface area contributed by atoms with Crippen LogP contribution in [0.25, 0.3) is 0 Å². The first-order chi connectivity index (χ1) is 10.1. The summed E-state index contributed by atoms with van der Waals surface area (Å²) in [5.41, 5.74) is 7.35. The van der Waals surface area contributed by atoms with E-state index in [2.05, 4.69) is 0 Å². The van der Waals surface area contributed by atoms with Crippen LogP contribution in [0.2, 0.25) is 0 Å². The minimum absolute atomic E-state index is 0.537. The van der Waals surface area contributed by atoms with E-state index in [1.54, 1.807) is 0 Å². The van der Waals surface area contributed by atoms with Gasteiger partial charge in [-0.25, -0.2) is 0 Å². The summed E-state index contributed by atoms with van der Waals surface area (Å²) in [4.78, 5) is 12.0. The van der Waals surface area contributed by atoms with E-state index >= 15 is 0 Å². The smallest absolute Gasteiger partial charge is 0.429 e. The van der Waals surface area contributed by atoms with Crippen molar-refractivity contribution in [2.24, 2.45) is 5.73 Å². The Bertz CT molecular complexity index is 535. The molecule has 0 aliphatic heterocycles. The highest BCUT2D eigenvalue weighted by Crippen LogP contribution is 1.99. The second-order valence-corrected chi connectivity index (χ2v) is 4.90. The highest BCUT2D eigenvalue weighted by atomic mass is 16.5. The molecule has 0 aromatic heterocycles. The predicted molar refractivity (Wildman–Crippen MR) is 83.7 cm³/mol. The van der Waals surface area contributed by atoms with E-state index in [9.17, 15) is 9.90 Å². The molecule has 0 bridgehead atoms. The molecule has 0 spiro atoms. The van der Waals surface area contributed by atoms with Gasteiger partial charge in [0.15, 0.2) is 0 Å². The van der Waals surface area contributed by atoms with E-state index in [-0.39, 0.29) is 0 Å². The Morgan fingerprint density at radius 3 is 1.86 bits per heavy atom. The summed E-state index contributed by atoms with van der Waals surface area (Å²) in [7, 11) is 0. The van der Waals surface area contributed by atoms with Crippen molar-refractivity contribution in [3.8, 4) is 0 Å². The number of aliphatic hydroxyl groups is 1. The summed E-state index contributed by atoms with van der Waals surface area (Å²) in [5, 5.41) is 9.42. The number of rotatable bonds is 5. The molecular formula is C16H18BNO3. The zero-order chi connectivity index (χ0) is 15.2. The van der Waals surface area contributed by atoms with Crippen LogP contribution in [0, 0.1) is 0 Å². The summed E-state index contributed by atoms with van der Waals surface area (Å²) >= 11 is 0. The van der Waals surface area contributed by atoms with E-state index in [4.69, 9.17) is 10.4 Å². The van der Waals surface area contributed by atoms with Crippen LogP contribution in [0.4, 0.5) is 0 Å². The van der Waals surface area contributed by atoms with Crippen LogP contribution in [-0.4, -0.2) is 30.1 Å². The maximum Gasteiger partial charge on any atom is 0.429 e. The van der Waals surface area contributed by atoms with Gasteiger partial charge in [0.05, 0.1) is 6.10 Å². The molecule has 0 fully saturated rings. The zero-order valence-corrected chi connectivity index (χ0v) is 11.8. The third kappa shape index (κ3) is 3.94. The molecule has 4 nitrogen and oxygen atoms in total. The van der Waals surface area contributed by atoms with Crippen LogP contribution < -0.4 is 16.7 Å². The molecule has 2 rings (SSSR count). The summed E-state index contributed by atoms with van der Waals surface area (Å²) < 4.78 is 5.52. The second kappa shape index (κ2) is 7.06. The summed E-state index contributed by atoms with van der Waals surface area (Å²) in [5.74, 6) is -0.622. The van der Waals surface area contributed by atoms with Crippen molar-refractivity contribution < 1.29 is 14.6 Å². The Kier molecular flexibility index (Phi) is 5.14. The van der Waals surface area contributed by atoms with Gasteiger partial charge in [-0.2, -0.15) is 0 Å². The molecule has 3 N–H and O–H groups in total. The minimum Gasteiger partial charge on any atom is -0.525 e. The highest BCUT2D eigenvalue weighted by molar-refractivity contribution is 6.81. The Morgan fingerprint density at radius 1 is 1.05 bits per heavy atom. The largest absolute Gasteiger partial charge is 0.525 e. The molecule has 0 heterocycles. The molecule has 0 amide bonds. The molecule has 0 aliphatic rings. The maximum atomic E-state index is 12.0. The van der Waals surface area contributed by atoms with Gasteiger partial charge < -0.3 is 15.5 Å². The zero-order valence-electron chi connectivity index (χ0n) is 11.8. The number of carbonyl (C=O) groups excluding carboxylic acids is 1. The fourth-order valence-electron chi connectivity index (χ4n) is 1.98. The van der Waals surface area contributed by atoms with Crippen molar-refractivity contribution in [2.75, 3.05) is 0 Å². The van der Waals surface area contributed by atoms with E-state index in [1.165, 1.54) is 6.92 Å². The van der Waals surface area contributed by atoms with E-state index in [0.29, 0.717) is 0 Å². The molecule has 2 aromatic carbocycles. The molecule has 2 aromatic rings. The van der Waals surface area contributed by atoms with Gasteiger partial charge >= 0.3 is 12.9 Å². The number of carbonyl (C=O) groups is 1. The van der Waals surface area contributed by atoms with Crippen LogP contribution in [0.5, 0.6) is 0 Å². The second-order valence-electron chi connectivity index (χ2n) is 4.90. The number of aliphatic hydroxyl groups excluding tert-OH is 1. The molecule has 0 saturated carbocycles. The third-order valence-corrected chi connectivity index (χ3v) is 3.23. The SMILES string of the molecule is C[C@@H](O)[C@H](N)C(=O)OB(c1ccccc1)c1ccccc1. The van der Waals surface area contributed by atoms with E-state index in [1.807, 2.05) is 60.7 Å². The lowest BCUT2D eigenvalue weighted by Gasteiger charge is -2.19. The lowest BCUT2D eigenvalue weighted by molar-refractivity contribution is -0.138. The van der Waals surface area contributed by atoms with Crippen LogP contribution >= 0.6 is 0 Å². The van der Waals surface area contributed by atoms with E-state index < -0.39 is 25.0 Å². The van der Waals surface area contributed by atoms with Gasteiger partial charge in [0.2, 0.25) is 0 Å². The van der Waals surface area contributed by atoms with Crippen LogP contribution in [-0.2, 0) is 9.45 Å². The van der Waals surface area contributed by atoms with Gasteiger partial charge in [-0.3, -0.25) is 4.79 Å². The van der Waals surface area contributed by atoms with Crippen molar-refractivity contribution in [2.45, 2.75) is 19.1 Å². The first kappa shape index (κ1) is 15.3. The Morgan fingerprint density at radius 2 is 1.48 bits per heavy atom. The monoisotopic (exact) mass is 283 g/mol. The van der Waals surface area contributed by atoms with Gasteiger partial charge in [0.25, 0.3) is 0 Å². The lowest BCUT2D eigenvalue weighted by Crippen LogP contribution is -2.51. The van der Waals surface area contributed by atoms with Crippen molar-refractivity contribution in [3.63, 3.8) is 0 Å². The molecule has 0 saturated heterocycles. The summed E-state index contributed by atoms with van der Waals surface area (Å²) in [6.07, 6.45) is -0.954. The fourth-order valence-corrected chi connectivity index (χ4v) is 1.98. The standard InChI is InChI=1S/C16H18BNO3/c1-12(19)15(18)16(20)21-17(13-8-4-2-5-9-13)14-10-6-3-7-11-14/h2-12,15,19H,18H2,1H3/t12-,15+/m1/s1. The van der Waals surface area contributed by atoms with Crippen molar-refractivity contribution in [1.82, 2.24) is 0 Å². The molecule has 108 valence electrons. The number of nitrogens with two attached hydrogens (primary N) is 1. The minimum atomic E-state index is -1.06. The maximum absolute atomic E-state index is 12.0. The Balaban J connectivity index is 2.28. The van der Waals surface area contributed by atoms with Gasteiger partial charge in [0.1, 0.15) is 6.04 Å². The van der Waals surface area contributed by atoms with Crippen molar-refractivity contribution in [1.29, 1.82) is 0 Å². The lowest BCUT2D eigenvalue weighted by atomic mass is 9.55. The first-order valence-corrected chi connectivity index (χ1v) is 6.83. The van der Waals surface area contributed by atoms with Crippen molar-refractivity contribution >= 4 is 23.8 Å². The fraction of sp³-hybridized carbons (Fsp3) is 0.188. The van der Waals surface area contributed by atoms with Gasteiger partial charge in [-0.05, 0) is 17.8 Å². The van der Waals surface area contributed by atoms with Crippen molar-refractivity contribution in [3.05, 3.63) is 60.7 Å². The summed E-state index contributed by atoms with van der Waals surface area (Å²) in [6, 6.07) is 17.8. The molecule has 2 atom stereocenters. The predicted octanol–water partition coefficient (Wildman–Crippen LogP) is 0.0436. The number of hydrogen-bond donors (Lipinski definition) is 2. The van der Waals surface area contributed by atoms with Gasteiger partial charge in [0, 0.05) is 0 Å². The number of benzene rings is 2. The summed E-state index contributed by atoms with van der Waals surface area (Å²) in [6.45, 7) is 0.927. The molecule has 0 aliphatic carbocycles. The van der Waals surface area contributed by atoms with E-state index in [0.717, 1.165) is 10.9 Å².